The van der Waals surface area contributed by atoms with Crippen LogP contribution >= 0.6 is 0 Å². The number of fused-ring (bicyclic) bond motifs is 1. The predicted octanol–water partition coefficient (Wildman–Crippen LogP) is 4.17. The monoisotopic (exact) mass is 365 g/mol. The molecule has 0 amide bonds. The van der Waals surface area contributed by atoms with Gasteiger partial charge in [0.05, 0.1) is 26.3 Å². The lowest BCUT2D eigenvalue weighted by Gasteiger charge is -2.22. The van der Waals surface area contributed by atoms with Crippen LogP contribution in [0, 0.1) is 0 Å². The number of rotatable bonds is 3. The van der Waals surface area contributed by atoms with Gasteiger partial charge in [-0.3, -0.25) is 10.1 Å². The molecule has 1 N–H and O–H groups in total. The molecule has 0 unspecified atom stereocenters. The average molecular weight is 365 g/mol. The fourth-order valence-corrected chi connectivity index (χ4v) is 2.65. The van der Waals surface area contributed by atoms with E-state index in [4.69, 9.17) is 9.15 Å². The molecule has 2 aromatic heterocycles. The van der Waals surface area contributed by atoms with Crippen molar-refractivity contribution in [2.75, 3.05) is 26.3 Å². The van der Waals surface area contributed by atoms with Crippen LogP contribution in [0.5, 0.6) is 0 Å². The van der Waals surface area contributed by atoms with E-state index in [-0.39, 0.29) is 11.5 Å². The number of hydrogen-bond donors (Lipinski definition) is 1. The lowest BCUT2D eigenvalue weighted by Crippen LogP contribution is -2.31. The molecule has 0 atom stereocenters. The van der Waals surface area contributed by atoms with Gasteiger partial charge in [-0.1, -0.05) is 23.4 Å². The number of para-hydroxylation sites is 1. The Labute approximate surface area is 145 Å². The topological polar surface area (TPSA) is 79.0 Å². The molecule has 0 bridgehead atoms. The van der Waals surface area contributed by atoms with Gasteiger partial charge in [0.2, 0.25) is 0 Å². The molecular weight excluding hydrogens is 351 g/mol. The third kappa shape index (κ3) is 3.15. The third-order valence-electron chi connectivity index (χ3n) is 3.94. The molecule has 4 rings (SSSR count). The molecule has 0 saturated carbocycles. The van der Waals surface area contributed by atoms with Gasteiger partial charge < -0.3 is 9.15 Å². The Bertz CT molecular complexity index is 908. The first kappa shape index (κ1) is 16.6. The Morgan fingerprint density at radius 3 is 2.65 bits per heavy atom. The second-order valence-electron chi connectivity index (χ2n) is 5.70. The van der Waals surface area contributed by atoms with Crippen molar-refractivity contribution in [3.8, 4) is 11.5 Å². The van der Waals surface area contributed by atoms with Gasteiger partial charge in [-0.2, -0.15) is 18.3 Å². The molecule has 3 aromatic rings. The molecule has 1 aliphatic heterocycles. The number of aromatic amines is 1. The first-order chi connectivity index (χ1) is 12.5. The van der Waals surface area contributed by atoms with Gasteiger partial charge in [0, 0.05) is 5.39 Å². The lowest BCUT2D eigenvalue weighted by atomic mass is 10.2. The van der Waals surface area contributed by atoms with E-state index in [9.17, 15) is 13.2 Å². The number of nitrogens with zero attached hydrogens (tertiary/aromatic N) is 4. The van der Waals surface area contributed by atoms with Crippen LogP contribution in [-0.2, 0) is 10.9 Å². The molecule has 0 radical (unpaired) electrons. The number of hydrogen-bond acceptors (Lipinski definition) is 5. The highest BCUT2D eigenvalue weighted by atomic mass is 19.4. The number of halogens is 3. The predicted molar refractivity (Wildman–Crippen MR) is 85.7 cm³/mol. The highest BCUT2D eigenvalue weighted by Gasteiger charge is 2.38. The van der Waals surface area contributed by atoms with Gasteiger partial charge in [-0.25, -0.2) is 0 Å². The van der Waals surface area contributed by atoms with Crippen LogP contribution in [-0.4, -0.2) is 41.5 Å². The fourth-order valence-electron chi connectivity index (χ4n) is 2.65. The maximum atomic E-state index is 13.3. The Hall–Kier alpha value is -2.88. The summed E-state index contributed by atoms with van der Waals surface area (Å²) in [6.07, 6.45) is -4.64. The van der Waals surface area contributed by atoms with E-state index in [1.165, 1.54) is 0 Å². The van der Waals surface area contributed by atoms with Crippen molar-refractivity contribution in [1.29, 1.82) is 0 Å². The molecule has 1 aromatic carbocycles. The van der Waals surface area contributed by atoms with Gasteiger partial charge >= 0.3 is 6.18 Å². The smallest absolute Gasteiger partial charge is 0.435 e. The Morgan fingerprint density at radius 2 is 1.92 bits per heavy atom. The number of alkyl halides is 3. The summed E-state index contributed by atoms with van der Waals surface area (Å²) in [4.78, 5) is 0. The maximum Gasteiger partial charge on any atom is 0.435 e. The molecule has 3 heterocycles. The second kappa shape index (κ2) is 6.45. The molecule has 26 heavy (non-hydrogen) atoms. The van der Waals surface area contributed by atoms with Crippen molar-refractivity contribution in [1.82, 2.24) is 15.2 Å². The summed E-state index contributed by atoms with van der Waals surface area (Å²) in [7, 11) is 0. The van der Waals surface area contributed by atoms with E-state index in [0.29, 0.717) is 31.9 Å². The molecule has 136 valence electrons. The summed E-state index contributed by atoms with van der Waals surface area (Å²) < 4.78 is 50.7. The number of benzene rings is 1. The zero-order valence-corrected chi connectivity index (χ0v) is 13.5. The third-order valence-corrected chi connectivity index (χ3v) is 3.94. The summed E-state index contributed by atoms with van der Waals surface area (Å²) in [6, 6.07) is 8.74. The highest BCUT2D eigenvalue weighted by Crippen LogP contribution is 2.41. The van der Waals surface area contributed by atoms with Crippen LogP contribution in [0.25, 0.3) is 22.4 Å². The molecule has 0 aliphatic carbocycles. The minimum absolute atomic E-state index is 0.0365. The number of nitrogens with one attached hydrogen (secondary N) is 1. The van der Waals surface area contributed by atoms with Crippen LogP contribution in [0.2, 0.25) is 0 Å². The SMILES string of the molecule is FC(F)(F)c1[nH]nc(-c2cc3ccccc3o2)c1N=NN1CCOCC1. The van der Waals surface area contributed by atoms with E-state index >= 15 is 0 Å². The Kier molecular flexibility index (Phi) is 4.11. The quantitative estimate of drug-likeness (QED) is 0.707. The zero-order chi connectivity index (χ0) is 18.1. The van der Waals surface area contributed by atoms with Gasteiger partial charge in [0.1, 0.15) is 11.3 Å². The second-order valence-corrected chi connectivity index (χ2v) is 5.70. The standard InChI is InChI=1S/C16H14F3N5O2/c17-16(18,19)15-14(21-23-24-5-7-25-8-6-24)13(20-22-15)12-9-10-3-1-2-4-11(10)26-12/h1-4,9H,5-8H2,(H,20,22). The molecule has 1 fully saturated rings. The van der Waals surface area contributed by atoms with Crippen molar-refractivity contribution in [3.63, 3.8) is 0 Å². The van der Waals surface area contributed by atoms with E-state index < -0.39 is 17.6 Å². The highest BCUT2D eigenvalue weighted by molar-refractivity contribution is 5.84. The number of H-pyrrole nitrogens is 1. The first-order valence-corrected chi connectivity index (χ1v) is 7.91. The van der Waals surface area contributed by atoms with Crippen LogP contribution in [0.4, 0.5) is 18.9 Å². The van der Waals surface area contributed by atoms with Crippen molar-refractivity contribution in [3.05, 3.63) is 36.0 Å². The lowest BCUT2D eigenvalue weighted by molar-refractivity contribution is -0.140. The summed E-state index contributed by atoms with van der Waals surface area (Å²) in [5, 5.41) is 15.8. The summed E-state index contributed by atoms with van der Waals surface area (Å²) in [6.45, 7) is 1.82. The van der Waals surface area contributed by atoms with Crippen LogP contribution in [0.3, 0.4) is 0 Å². The molecular formula is C16H14F3N5O2. The van der Waals surface area contributed by atoms with Gasteiger partial charge in [-0.05, 0) is 12.1 Å². The molecule has 0 spiro atoms. The molecule has 7 nitrogen and oxygen atoms in total. The van der Waals surface area contributed by atoms with Crippen molar-refractivity contribution in [2.45, 2.75) is 6.18 Å². The minimum atomic E-state index is -4.64. The minimum Gasteiger partial charge on any atom is -0.454 e. The van der Waals surface area contributed by atoms with Crippen LogP contribution in [0.15, 0.2) is 45.1 Å². The largest absolute Gasteiger partial charge is 0.454 e. The maximum absolute atomic E-state index is 13.3. The molecule has 10 heteroatoms. The normalized spacial score (nSPS) is 16.0. The molecule has 1 saturated heterocycles. The van der Waals surface area contributed by atoms with E-state index in [1.54, 1.807) is 29.3 Å². The summed E-state index contributed by atoms with van der Waals surface area (Å²) >= 11 is 0. The number of aromatic nitrogens is 2. The van der Waals surface area contributed by atoms with Crippen molar-refractivity contribution >= 4 is 16.7 Å². The van der Waals surface area contributed by atoms with Crippen LogP contribution < -0.4 is 0 Å². The van der Waals surface area contributed by atoms with Gasteiger partial charge in [0.25, 0.3) is 0 Å². The Balaban J connectivity index is 1.76. The molecule has 1 aliphatic rings. The number of ether oxygens (including phenoxy) is 1. The average Bonchev–Trinajstić information content (AvgIpc) is 3.24. The Morgan fingerprint density at radius 1 is 1.15 bits per heavy atom. The summed E-state index contributed by atoms with van der Waals surface area (Å²) in [5.74, 6) is 0.189. The van der Waals surface area contributed by atoms with Crippen molar-refractivity contribution in [2.24, 2.45) is 10.3 Å². The van der Waals surface area contributed by atoms with Gasteiger partial charge in [-0.15, -0.1) is 5.11 Å². The van der Waals surface area contributed by atoms with E-state index in [2.05, 4.69) is 15.4 Å². The fraction of sp³-hybridized carbons (Fsp3) is 0.312. The van der Waals surface area contributed by atoms with E-state index in [1.807, 2.05) is 11.2 Å². The first-order valence-electron chi connectivity index (χ1n) is 7.91. The van der Waals surface area contributed by atoms with Crippen molar-refractivity contribution < 1.29 is 22.3 Å². The number of furan rings is 1. The van der Waals surface area contributed by atoms with E-state index in [0.717, 1.165) is 5.39 Å². The number of morpholine rings is 1. The van der Waals surface area contributed by atoms with Crippen LogP contribution in [0.1, 0.15) is 5.69 Å². The summed E-state index contributed by atoms with van der Waals surface area (Å²) in [5.41, 5.74) is -0.950. The van der Waals surface area contributed by atoms with Gasteiger partial charge in [0.15, 0.2) is 17.1 Å². The zero-order valence-electron chi connectivity index (χ0n) is 13.5.